The molecule has 134 valence electrons. The number of hydrogen-bond donors (Lipinski definition) is 2. The average molecular weight is 352 g/mol. The lowest BCUT2D eigenvalue weighted by Crippen LogP contribution is -2.39. The van der Waals surface area contributed by atoms with Crippen molar-refractivity contribution in [3.8, 4) is 0 Å². The van der Waals surface area contributed by atoms with Crippen molar-refractivity contribution in [3.05, 3.63) is 60.2 Å². The van der Waals surface area contributed by atoms with Crippen molar-refractivity contribution in [2.45, 2.75) is 31.8 Å². The van der Waals surface area contributed by atoms with Crippen LogP contribution in [-0.4, -0.2) is 38.0 Å². The summed E-state index contributed by atoms with van der Waals surface area (Å²) in [4.78, 5) is 23.4. The molecule has 0 aliphatic carbocycles. The molecule has 2 N–H and O–H groups in total. The fourth-order valence-corrected chi connectivity index (χ4v) is 2.87. The van der Waals surface area contributed by atoms with Crippen molar-refractivity contribution in [1.29, 1.82) is 0 Å². The van der Waals surface area contributed by atoms with Gasteiger partial charge >= 0.3 is 5.97 Å². The standard InChI is InChI=1S/C19H20N4O3/c24-18(13-23-17-9-5-4-8-16(17)21-22-23)20-15(10-11-19(25)26)12-14-6-2-1-3-7-14/h1-9,15H,10-13H2,(H,20,24)(H,25,26). The number of carbonyl (C=O) groups is 2. The molecule has 7 heteroatoms. The second-order valence-corrected chi connectivity index (χ2v) is 6.12. The largest absolute Gasteiger partial charge is 0.481 e. The molecule has 0 saturated carbocycles. The van der Waals surface area contributed by atoms with Crippen LogP contribution in [0.1, 0.15) is 18.4 Å². The number of amides is 1. The Labute approximate surface area is 150 Å². The fourth-order valence-electron chi connectivity index (χ4n) is 2.87. The van der Waals surface area contributed by atoms with Crippen molar-refractivity contribution in [2.75, 3.05) is 0 Å². The number of aromatic nitrogens is 3. The second-order valence-electron chi connectivity index (χ2n) is 6.12. The molecule has 3 rings (SSSR count). The molecule has 1 atom stereocenters. The highest BCUT2D eigenvalue weighted by molar-refractivity contribution is 5.80. The lowest BCUT2D eigenvalue weighted by Gasteiger charge is -2.18. The van der Waals surface area contributed by atoms with Gasteiger partial charge in [-0.3, -0.25) is 9.59 Å². The first kappa shape index (κ1) is 17.6. The first-order valence-corrected chi connectivity index (χ1v) is 8.45. The highest BCUT2D eigenvalue weighted by atomic mass is 16.4. The Morgan fingerprint density at radius 1 is 1.08 bits per heavy atom. The van der Waals surface area contributed by atoms with E-state index in [0.29, 0.717) is 12.8 Å². The van der Waals surface area contributed by atoms with Crippen molar-refractivity contribution in [2.24, 2.45) is 0 Å². The fraction of sp³-hybridized carbons (Fsp3) is 0.263. The van der Waals surface area contributed by atoms with Crippen LogP contribution in [0.2, 0.25) is 0 Å². The summed E-state index contributed by atoms with van der Waals surface area (Å²) < 4.78 is 1.54. The number of para-hydroxylation sites is 1. The minimum atomic E-state index is -0.875. The smallest absolute Gasteiger partial charge is 0.303 e. The molecule has 0 radical (unpaired) electrons. The molecule has 7 nitrogen and oxygen atoms in total. The molecule has 0 aliphatic rings. The number of rotatable bonds is 8. The zero-order valence-electron chi connectivity index (χ0n) is 14.2. The van der Waals surface area contributed by atoms with Gasteiger partial charge in [-0.2, -0.15) is 0 Å². The van der Waals surface area contributed by atoms with Crippen molar-refractivity contribution >= 4 is 22.9 Å². The van der Waals surface area contributed by atoms with Gasteiger partial charge in [-0.1, -0.05) is 47.7 Å². The molecule has 2 aromatic carbocycles. The molecule has 0 saturated heterocycles. The van der Waals surface area contributed by atoms with E-state index in [1.165, 1.54) is 0 Å². The monoisotopic (exact) mass is 352 g/mol. The number of benzene rings is 2. The highest BCUT2D eigenvalue weighted by Crippen LogP contribution is 2.11. The number of nitrogens with zero attached hydrogens (tertiary/aromatic N) is 3. The summed E-state index contributed by atoms with van der Waals surface area (Å²) in [5.41, 5.74) is 2.56. The molecular formula is C19H20N4O3. The average Bonchev–Trinajstić information content (AvgIpc) is 3.03. The van der Waals surface area contributed by atoms with Gasteiger partial charge in [0, 0.05) is 12.5 Å². The Hall–Kier alpha value is -3.22. The van der Waals surface area contributed by atoms with Gasteiger partial charge in [0.2, 0.25) is 5.91 Å². The predicted molar refractivity (Wildman–Crippen MR) is 96.5 cm³/mol. The first-order chi connectivity index (χ1) is 12.6. The molecule has 1 heterocycles. The van der Waals surface area contributed by atoms with Gasteiger partial charge in [0.1, 0.15) is 12.1 Å². The van der Waals surface area contributed by atoms with Crippen LogP contribution in [0.3, 0.4) is 0 Å². The lowest BCUT2D eigenvalue weighted by molar-refractivity contribution is -0.137. The summed E-state index contributed by atoms with van der Waals surface area (Å²) in [6, 6.07) is 16.9. The molecule has 3 aromatic rings. The van der Waals surface area contributed by atoms with Crippen LogP contribution in [0.5, 0.6) is 0 Å². The van der Waals surface area contributed by atoms with Crippen LogP contribution >= 0.6 is 0 Å². The third-order valence-electron chi connectivity index (χ3n) is 4.11. The predicted octanol–water partition coefficient (Wildman–Crippen LogP) is 2.02. The van der Waals surface area contributed by atoms with Crippen LogP contribution in [0.4, 0.5) is 0 Å². The summed E-state index contributed by atoms with van der Waals surface area (Å²) >= 11 is 0. The Balaban J connectivity index is 1.66. The molecule has 0 bridgehead atoms. The Morgan fingerprint density at radius 3 is 2.58 bits per heavy atom. The summed E-state index contributed by atoms with van der Waals surface area (Å²) in [6.45, 7) is 0.0406. The van der Waals surface area contributed by atoms with Gasteiger partial charge in [-0.25, -0.2) is 4.68 Å². The van der Waals surface area contributed by atoms with E-state index < -0.39 is 5.97 Å². The van der Waals surface area contributed by atoms with Crippen molar-refractivity contribution in [1.82, 2.24) is 20.3 Å². The van der Waals surface area contributed by atoms with E-state index in [1.807, 2.05) is 54.6 Å². The van der Waals surface area contributed by atoms with Crippen molar-refractivity contribution < 1.29 is 14.7 Å². The van der Waals surface area contributed by atoms with E-state index in [1.54, 1.807) is 4.68 Å². The van der Waals surface area contributed by atoms with E-state index in [4.69, 9.17) is 5.11 Å². The third kappa shape index (κ3) is 4.66. The Morgan fingerprint density at radius 2 is 1.81 bits per heavy atom. The summed E-state index contributed by atoms with van der Waals surface area (Å²) in [5.74, 6) is -1.09. The Bertz CT molecular complexity index is 892. The third-order valence-corrected chi connectivity index (χ3v) is 4.11. The van der Waals surface area contributed by atoms with Gasteiger partial charge < -0.3 is 10.4 Å². The molecule has 0 fully saturated rings. The topological polar surface area (TPSA) is 97.1 Å². The van der Waals surface area contributed by atoms with Gasteiger partial charge in [0.05, 0.1) is 5.52 Å². The van der Waals surface area contributed by atoms with E-state index in [-0.39, 0.29) is 24.9 Å². The number of carboxylic acids is 1. The van der Waals surface area contributed by atoms with Gasteiger partial charge in [-0.05, 0) is 30.5 Å². The second kappa shape index (κ2) is 8.24. The number of hydrogen-bond acceptors (Lipinski definition) is 4. The lowest BCUT2D eigenvalue weighted by atomic mass is 10.0. The zero-order chi connectivity index (χ0) is 18.4. The summed E-state index contributed by atoms with van der Waals surface area (Å²) in [7, 11) is 0. The van der Waals surface area contributed by atoms with Crippen LogP contribution in [0, 0.1) is 0 Å². The Kier molecular flexibility index (Phi) is 5.58. The van der Waals surface area contributed by atoms with Gasteiger partial charge in [0.15, 0.2) is 0 Å². The van der Waals surface area contributed by atoms with E-state index in [2.05, 4.69) is 15.6 Å². The van der Waals surface area contributed by atoms with E-state index in [9.17, 15) is 9.59 Å². The minimum Gasteiger partial charge on any atom is -0.481 e. The molecule has 0 aliphatic heterocycles. The number of carboxylic acid groups (broad SMARTS) is 1. The van der Waals surface area contributed by atoms with Gasteiger partial charge in [0.25, 0.3) is 0 Å². The molecule has 26 heavy (non-hydrogen) atoms. The van der Waals surface area contributed by atoms with Crippen molar-refractivity contribution in [3.63, 3.8) is 0 Å². The molecule has 1 aromatic heterocycles. The van der Waals surface area contributed by atoms with Crippen LogP contribution < -0.4 is 5.32 Å². The summed E-state index contributed by atoms with van der Waals surface area (Å²) in [5, 5.41) is 19.9. The SMILES string of the molecule is O=C(O)CCC(Cc1ccccc1)NC(=O)Cn1nnc2ccccc21. The first-order valence-electron chi connectivity index (χ1n) is 8.45. The number of fused-ring (bicyclic) bond motifs is 1. The number of carbonyl (C=O) groups excluding carboxylic acids is 1. The number of aliphatic carboxylic acids is 1. The number of nitrogens with one attached hydrogen (secondary N) is 1. The van der Waals surface area contributed by atoms with E-state index in [0.717, 1.165) is 16.6 Å². The molecule has 1 amide bonds. The van der Waals surface area contributed by atoms with Crippen LogP contribution in [0.25, 0.3) is 11.0 Å². The van der Waals surface area contributed by atoms with Gasteiger partial charge in [-0.15, -0.1) is 5.10 Å². The maximum atomic E-state index is 12.5. The maximum Gasteiger partial charge on any atom is 0.303 e. The summed E-state index contributed by atoms with van der Waals surface area (Å²) in [6.07, 6.45) is 0.954. The molecule has 1 unspecified atom stereocenters. The molecular weight excluding hydrogens is 332 g/mol. The quantitative estimate of drug-likeness (QED) is 0.646. The van der Waals surface area contributed by atoms with Crippen LogP contribution in [-0.2, 0) is 22.6 Å². The van der Waals surface area contributed by atoms with E-state index >= 15 is 0 Å². The highest BCUT2D eigenvalue weighted by Gasteiger charge is 2.16. The normalized spacial score (nSPS) is 12.0. The maximum absolute atomic E-state index is 12.5. The minimum absolute atomic E-state index is 0.00400. The zero-order valence-corrected chi connectivity index (χ0v) is 14.2. The molecule has 0 spiro atoms. The van der Waals surface area contributed by atoms with Crippen LogP contribution in [0.15, 0.2) is 54.6 Å².